The zero-order valence-corrected chi connectivity index (χ0v) is 19.3. The third-order valence-electron chi connectivity index (χ3n) is 5.66. The van der Waals surface area contributed by atoms with E-state index in [1.54, 1.807) is 6.07 Å². The molecular formula is C27H40FNO. The van der Waals surface area contributed by atoms with Gasteiger partial charge in [-0.25, -0.2) is 4.39 Å². The van der Waals surface area contributed by atoms with Crippen LogP contribution in [-0.4, -0.2) is 11.1 Å². The summed E-state index contributed by atoms with van der Waals surface area (Å²) in [4.78, 5) is 4.51. The van der Waals surface area contributed by atoms with Crippen LogP contribution in [0.2, 0.25) is 0 Å². The second kappa shape index (κ2) is 14.2. The van der Waals surface area contributed by atoms with Crippen LogP contribution in [0.15, 0.2) is 36.5 Å². The number of unbranched alkanes of at least 4 members (excludes halogenated alkanes) is 8. The van der Waals surface area contributed by atoms with Crippen molar-refractivity contribution >= 4 is 0 Å². The number of aryl methyl sites for hydroxylation is 1. The molecule has 166 valence electrons. The van der Waals surface area contributed by atoms with Crippen molar-refractivity contribution < 1.29 is 9.13 Å². The topological polar surface area (TPSA) is 22.1 Å². The molecule has 30 heavy (non-hydrogen) atoms. The largest absolute Gasteiger partial charge is 0.491 e. The fourth-order valence-corrected chi connectivity index (χ4v) is 3.75. The van der Waals surface area contributed by atoms with Gasteiger partial charge in [0.2, 0.25) is 0 Å². The van der Waals surface area contributed by atoms with Crippen LogP contribution in [0, 0.1) is 5.82 Å². The van der Waals surface area contributed by atoms with Crippen molar-refractivity contribution in [3.05, 3.63) is 47.9 Å². The van der Waals surface area contributed by atoms with E-state index in [-0.39, 0.29) is 11.9 Å². The molecular weight excluding hydrogens is 373 g/mol. The number of hydrogen-bond acceptors (Lipinski definition) is 2. The standard InChI is InChI=1S/C27H40FNO/c1-4-6-8-9-10-11-12-13-15-23-16-19-27(29-21-23)25-18-17-24(20-26(25)28)30-22(3)14-7-5-2/h16-22H,4-15H2,1-3H3/t22-/m0/s1. The summed E-state index contributed by atoms with van der Waals surface area (Å²) in [5.41, 5.74) is 2.44. The highest BCUT2D eigenvalue weighted by Crippen LogP contribution is 2.26. The van der Waals surface area contributed by atoms with Gasteiger partial charge in [-0.15, -0.1) is 0 Å². The van der Waals surface area contributed by atoms with Gasteiger partial charge in [0.25, 0.3) is 0 Å². The third kappa shape index (κ3) is 8.85. The van der Waals surface area contributed by atoms with Crippen molar-refractivity contribution in [1.82, 2.24) is 4.98 Å². The lowest BCUT2D eigenvalue weighted by Crippen LogP contribution is -2.11. The summed E-state index contributed by atoms with van der Waals surface area (Å²) in [7, 11) is 0. The van der Waals surface area contributed by atoms with Crippen LogP contribution in [0.25, 0.3) is 11.3 Å². The first-order valence-electron chi connectivity index (χ1n) is 12.1. The Morgan fingerprint density at radius 3 is 2.20 bits per heavy atom. The molecule has 0 bridgehead atoms. The second-order valence-corrected chi connectivity index (χ2v) is 8.49. The number of rotatable bonds is 15. The first kappa shape index (κ1) is 24.4. The molecule has 1 aromatic heterocycles. The van der Waals surface area contributed by atoms with Crippen molar-refractivity contribution in [1.29, 1.82) is 0 Å². The smallest absolute Gasteiger partial charge is 0.136 e. The lowest BCUT2D eigenvalue weighted by atomic mass is 10.0. The quantitative estimate of drug-likeness (QED) is 0.273. The molecule has 0 N–H and O–H groups in total. The zero-order valence-electron chi connectivity index (χ0n) is 19.3. The molecule has 1 heterocycles. The molecule has 3 heteroatoms. The number of ether oxygens (including phenoxy) is 1. The molecule has 0 aliphatic heterocycles. The summed E-state index contributed by atoms with van der Waals surface area (Å²) in [6.07, 6.45) is 16.9. The highest BCUT2D eigenvalue weighted by atomic mass is 19.1. The van der Waals surface area contributed by atoms with Crippen LogP contribution in [0.1, 0.15) is 97.0 Å². The minimum atomic E-state index is -0.279. The Morgan fingerprint density at radius 2 is 1.57 bits per heavy atom. The van der Waals surface area contributed by atoms with Gasteiger partial charge in [-0.2, -0.15) is 0 Å². The minimum Gasteiger partial charge on any atom is -0.491 e. The van der Waals surface area contributed by atoms with Gasteiger partial charge in [0.1, 0.15) is 11.6 Å². The Labute approximate surface area is 183 Å². The summed E-state index contributed by atoms with van der Waals surface area (Å²) >= 11 is 0. The molecule has 0 unspecified atom stereocenters. The van der Waals surface area contributed by atoms with Gasteiger partial charge < -0.3 is 4.74 Å². The number of aromatic nitrogens is 1. The maximum Gasteiger partial charge on any atom is 0.136 e. The van der Waals surface area contributed by atoms with Crippen molar-refractivity contribution in [3.63, 3.8) is 0 Å². The second-order valence-electron chi connectivity index (χ2n) is 8.49. The van der Waals surface area contributed by atoms with Crippen molar-refractivity contribution in [3.8, 4) is 17.0 Å². The van der Waals surface area contributed by atoms with Crippen molar-refractivity contribution in [2.75, 3.05) is 0 Å². The molecule has 0 radical (unpaired) electrons. The van der Waals surface area contributed by atoms with E-state index >= 15 is 0 Å². The molecule has 2 rings (SSSR count). The van der Waals surface area contributed by atoms with E-state index in [0.29, 0.717) is 17.0 Å². The normalized spacial score (nSPS) is 12.1. The summed E-state index contributed by atoms with van der Waals surface area (Å²) in [5.74, 6) is 0.310. The van der Waals surface area contributed by atoms with Crippen LogP contribution in [-0.2, 0) is 6.42 Å². The lowest BCUT2D eigenvalue weighted by molar-refractivity contribution is 0.206. The van der Waals surface area contributed by atoms with E-state index in [4.69, 9.17) is 4.74 Å². The van der Waals surface area contributed by atoms with Gasteiger partial charge in [-0.1, -0.05) is 77.7 Å². The fraction of sp³-hybridized carbons (Fsp3) is 0.593. The van der Waals surface area contributed by atoms with Gasteiger partial charge in [0.15, 0.2) is 0 Å². The predicted octanol–water partition coefficient (Wildman–Crippen LogP) is 8.53. The van der Waals surface area contributed by atoms with Crippen molar-refractivity contribution in [2.45, 2.75) is 104 Å². The number of hydrogen-bond donors (Lipinski definition) is 0. The number of pyridine rings is 1. The Kier molecular flexibility index (Phi) is 11.5. The molecule has 1 aromatic carbocycles. The molecule has 0 amide bonds. The van der Waals surface area contributed by atoms with E-state index < -0.39 is 0 Å². The van der Waals surface area contributed by atoms with E-state index in [0.717, 1.165) is 25.7 Å². The van der Waals surface area contributed by atoms with Crippen LogP contribution in [0.3, 0.4) is 0 Å². The molecule has 2 nitrogen and oxygen atoms in total. The fourth-order valence-electron chi connectivity index (χ4n) is 3.75. The SMILES string of the molecule is CCCCCCCCCCc1ccc(-c2ccc(O[C@@H](C)CCCC)cc2F)nc1. The van der Waals surface area contributed by atoms with Crippen LogP contribution >= 0.6 is 0 Å². The maximum absolute atomic E-state index is 14.6. The first-order valence-corrected chi connectivity index (χ1v) is 12.1. The molecule has 0 saturated carbocycles. The van der Waals surface area contributed by atoms with Gasteiger partial charge in [-0.05, 0) is 49.9 Å². The van der Waals surface area contributed by atoms with Crippen LogP contribution < -0.4 is 4.74 Å². The van der Waals surface area contributed by atoms with E-state index in [1.807, 2.05) is 25.3 Å². The number of nitrogens with zero attached hydrogens (tertiary/aromatic N) is 1. The van der Waals surface area contributed by atoms with Gasteiger partial charge in [-0.3, -0.25) is 4.98 Å². The van der Waals surface area contributed by atoms with Gasteiger partial charge in [0.05, 0.1) is 11.8 Å². The summed E-state index contributed by atoms with van der Waals surface area (Å²) in [6, 6.07) is 9.12. The molecule has 0 saturated heterocycles. The Bertz CT molecular complexity index is 713. The first-order chi connectivity index (χ1) is 14.6. The summed E-state index contributed by atoms with van der Waals surface area (Å²) < 4.78 is 20.5. The Hall–Kier alpha value is -1.90. The predicted molar refractivity (Wildman–Crippen MR) is 126 cm³/mol. The molecule has 2 aromatic rings. The van der Waals surface area contributed by atoms with Crippen LogP contribution in [0.4, 0.5) is 4.39 Å². The van der Waals surface area contributed by atoms with E-state index in [2.05, 4.69) is 24.9 Å². The number of benzene rings is 1. The molecule has 1 atom stereocenters. The highest BCUT2D eigenvalue weighted by molar-refractivity contribution is 5.61. The molecule has 0 fully saturated rings. The average molecular weight is 414 g/mol. The Morgan fingerprint density at radius 1 is 0.867 bits per heavy atom. The molecule has 0 aliphatic carbocycles. The third-order valence-corrected chi connectivity index (χ3v) is 5.66. The molecule has 0 aliphatic rings. The lowest BCUT2D eigenvalue weighted by Gasteiger charge is -2.15. The number of halogens is 1. The maximum atomic E-state index is 14.6. The van der Waals surface area contributed by atoms with Crippen LogP contribution in [0.5, 0.6) is 5.75 Å². The summed E-state index contributed by atoms with van der Waals surface area (Å²) in [6.45, 7) is 6.45. The monoisotopic (exact) mass is 413 g/mol. The van der Waals surface area contributed by atoms with E-state index in [9.17, 15) is 4.39 Å². The zero-order chi connectivity index (χ0) is 21.6. The van der Waals surface area contributed by atoms with Gasteiger partial charge in [0, 0.05) is 17.8 Å². The van der Waals surface area contributed by atoms with Crippen molar-refractivity contribution in [2.24, 2.45) is 0 Å². The average Bonchev–Trinajstić information content (AvgIpc) is 2.75. The van der Waals surface area contributed by atoms with E-state index in [1.165, 1.54) is 63.0 Å². The summed E-state index contributed by atoms with van der Waals surface area (Å²) in [5, 5.41) is 0. The minimum absolute atomic E-state index is 0.101. The van der Waals surface area contributed by atoms with Gasteiger partial charge >= 0.3 is 0 Å². The Balaban J connectivity index is 1.80. The molecule has 0 spiro atoms. The highest BCUT2D eigenvalue weighted by Gasteiger charge is 2.10.